The number of amides is 2. The fourth-order valence-corrected chi connectivity index (χ4v) is 2.52. The summed E-state index contributed by atoms with van der Waals surface area (Å²) in [5.41, 5.74) is -1.03. The molecule has 1 aromatic rings. The summed E-state index contributed by atoms with van der Waals surface area (Å²) in [6.45, 7) is 2.97. The van der Waals surface area contributed by atoms with Crippen LogP contribution in [0.2, 0.25) is 0 Å². The largest absolute Gasteiger partial charge is 0.434 e. The highest BCUT2D eigenvalue weighted by molar-refractivity contribution is 7.13. The van der Waals surface area contributed by atoms with Gasteiger partial charge in [0, 0.05) is 12.0 Å². The average molecular weight is 325 g/mol. The summed E-state index contributed by atoms with van der Waals surface area (Å²) >= 11 is 0.708. The van der Waals surface area contributed by atoms with E-state index in [2.05, 4.69) is 15.6 Å². The van der Waals surface area contributed by atoms with Crippen LogP contribution in [0.25, 0.3) is 0 Å². The van der Waals surface area contributed by atoms with E-state index < -0.39 is 17.9 Å². The second kappa shape index (κ2) is 6.58. The normalized spacial score (nSPS) is 22.3. The number of aromatic nitrogens is 1. The van der Waals surface area contributed by atoms with Gasteiger partial charge in [0.2, 0.25) is 0 Å². The number of halogens is 3. The van der Waals surface area contributed by atoms with Crippen molar-refractivity contribution in [3.8, 4) is 0 Å². The van der Waals surface area contributed by atoms with Crippen molar-refractivity contribution in [2.24, 2.45) is 0 Å². The van der Waals surface area contributed by atoms with Gasteiger partial charge < -0.3 is 14.8 Å². The van der Waals surface area contributed by atoms with Crippen LogP contribution in [-0.2, 0) is 15.7 Å². The lowest BCUT2D eigenvalue weighted by Crippen LogP contribution is -2.45. The molecule has 21 heavy (non-hydrogen) atoms. The summed E-state index contributed by atoms with van der Waals surface area (Å²) < 4.78 is 47.7. The third-order valence-electron chi connectivity index (χ3n) is 2.74. The summed E-state index contributed by atoms with van der Waals surface area (Å²) in [6.07, 6.45) is -4.78. The van der Waals surface area contributed by atoms with Crippen molar-refractivity contribution in [1.82, 2.24) is 10.3 Å². The highest BCUT2D eigenvalue weighted by Crippen LogP contribution is 2.31. The Morgan fingerprint density at radius 1 is 1.57 bits per heavy atom. The number of hydrogen-bond donors (Lipinski definition) is 2. The number of thiazole rings is 1. The maximum Gasteiger partial charge on any atom is 0.434 e. The minimum atomic E-state index is -4.52. The smallest absolute Gasteiger partial charge is 0.376 e. The van der Waals surface area contributed by atoms with Gasteiger partial charge in [0.25, 0.3) is 0 Å². The molecule has 6 nitrogen and oxygen atoms in total. The van der Waals surface area contributed by atoms with Crippen LogP contribution in [0.4, 0.5) is 23.1 Å². The molecule has 2 amide bonds. The van der Waals surface area contributed by atoms with Crippen molar-refractivity contribution in [1.29, 1.82) is 0 Å². The Kier molecular flexibility index (Phi) is 5.01. The molecule has 0 aromatic carbocycles. The average Bonchev–Trinajstić information content (AvgIpc) is 2.99. The van der Waals surface area contributed by atoms with Gasteiger partial charge in [-0.1, -0.05) is 0 Å². The van der Waals surface area contributed by atoms with Crippen LogP contribution in [-0.4, -0.2) is 43.0 Å². The van der Waals surface area contributed by atoms with Crippen molar-refractivity contribution in [2.75, 3.05) is 25.1 Å². The quantitative estimate of drug-likeness (QED) is 0.889. The van der Waals surface area contributed by atoms with Gasteiger partial charge in [0.1, 0.15) is 6.10 Å². The van der Waals surface area contributed by atoms with E-state index in [4.69, 9.17) is 9.47 Å². The van der Waals surface area contributed by atoms with E-state index in [1.807, 2.05) is 6.92 Å². The van der Waals surface area contributed by atoms with Crippen LogP contribution in [0, 0.1) is 0 Å². The maximum atomic E-state index is 12.4. The number of nitrogens with zero attached hydrogens (tertiary/aromatic N) is 1. The van der Waals surface area contributed by atoms with E-state index in [0.29, 0.717) is 31.2 Å². The Bertz CT molecular complexity index is 495. The Morgan fingerprint density at radius 2 is 2.33 bits per heavy atom. The number of carbonyl (C=O) groups is 1. The molecule has 0 bridgehead atoms. The van der Waals surface area contributed by atoms with E-state index in [9.17, 15) is 18.0 Å². The molecule has 1 aliphatic rings. The molecule has 0 saturated carbocycles. The zero-order valence-electron chi connectivity index (χ0n) is 11.1. The lowest BCUT2D eigenvalue weighted by Gasteiger charge is -2.18. The molecular weight excluding hydrogens is 311 g/mol. The number of alkyl halides is 3. The standard InChI is InChI=1S/C11H14F3N3O3S/c1-2-20-7-4-19-3-6(7)15-9(18)17-10-16-8(5-21-10)11(12,13)14/h5-7H,2-4H2,1H3,(H2,15,16,17,18)/t6-,7-/m1/s1. The Morgan fingerprint density at radius 3 is 2.95 bits per heavy atom. The van der Waals surface area contributed by atoms with Crippen molar-refractivity contribution in [2.45, 2.75) is 25.2 Å². The Balaban J connectivity index is 1.88. The molecule has 2 rings (SSSR count). The molecule has 0 aliphatic carbocycles. The molecule has 1 fully saturated rings. The third-order valence-corrected chi connectivity index (χ3v) is 3.50. The third kappa shape index (κ3) is 4.29. The second-order valence-corrected chi connectivity index (χ2v) is 5.13. The van der Waals surface area contributed by atoms with Crippen molar-refractivity contribution in [3.63, 3.8) is 0 Å². The molecule has 0 unspecified atom stereocenters. The summed E-state index contributed by atoms with van der Waals surface area (Å²) in [6, 6.07) is -0.981. The predicted molar refractivity (Wildman–Crippen MR) is 69.3 cm³/mol. The Labute approximate surface area is 122 Å². The van der Waals surface area contributed by atoms with E-state index in [1.54, 1.807) is 0 Å². The van der Waals surface area contributed by atoms with Crippen molar-refractivity contribution >= 4 is 22.5 Å². The number of carbonyl (C=O) groups excluding carboxylic acids is 1. The topological polar surface area (TPSA) is 72.5 Å². The molecule has 2 N–H and O–H groups in total. The van der Waals surface area contributed by atoms with Gasteiger partial charge in [-0.3, -0.25) is 5.32 Å². The van der Waals surface area contributed by atoms with Crippen LogP contribution in [0.3, 0.4) is 0 Å². The summed E-state index contributed by atoms with van der Waals surface area (Å²) in [5, 5.41) is 5.59. The number of rotatable bonds is 4. The van der Waals surface area contributed by atoms with Gasteiger partial charge in [0.05, 0.1) is 19.3 Å². The van der Waals surface area contributed by atoms with Crippen molar-refractivity contribution in [3.05, 3.63) is 11.1 Å². The number of urea groups is 1. The van der Waals surface area contributed by atoms with Crippen LogP contribution < -0.4 is 10.6 Å². The second-order valence-electron chi connectivity index (χ2n) is 4.27. The molecule has 0 spiro atoms. The summed E-state index contributed by atoms with van der Waals surface area (Å²) in [4.78, 5) is 15.0. The minimum absolute atomic E-state index is 0.119. The molecule has 0 radical (unpaired) electrons. The van der Waals surface area contributed by atoms with Gasteiger partial charge in [-0.15, -0.1) is 11.3 Å². The zero-order valence-corrected chi connectivity index (χ0v) is 11.9. The Hall–Kier alpha value is -1.39. The van der Waals surface area contributed by atoms with Crippen LogP contribution in [0.1, 0.15) is 12.6 Å². The first-order valence-corrected chi connectivity index (χ1v) is 7.07. The summed E-state index contributed by atoms with van der Waals surface area (Å²) in [5.74, 6) is 0. The predicted octanol–water partition coefficient (Wildman–Crippen LogP) is 2.09. The van der Waals surface area contributed by atoms with Crippen LogP contribution in [0.15, 0.2) is 5.38 Å². The van der Waals surface area contributed by atoms with Crippen molar-refractivity contribution < 1.29 is 27.4 Å². The highest BCUT2D eigenvalue weighted by Gasteiger charge is 2.34. The lowest BCUT2D eigenvalue weighted by molar-refractivity contribution is -0.140. The highest BCUT2D eigenvalue weighted by atomic mass is 32.1. The molecular formula is C11H14F3N3O3S. The monoisotopic (exact) mass is 325 g/mol. The minimum Gasteiger partial charge on any atom is -0.376 e. The molecule has 2 atom stereocenters. The number of nitrogens with one attached hydrogen (secondary N) is 2. The number of hydrogen-bond acceptors (Lipinski definition) is 5. The molecule has 2 heterocycles. The fraction of sp³-hybridized carbons (Fsp3) is 0.636. The number of anilines is 1. The van der Waals surface area contributed by atoms with Gasteiger partial charge in [0.15, 0.2) is 10.8 Å². The first-order valence-electron chi connectivity index (χ1n) is 6.19. The zero-order chi connectivity index (χ0) is 15.5. The van der Waals surface area contributed by atoms with E-state index in [0.717, 1.165) is 5.38 Å². The van der Waals surface area contributed by atoms with E-state index in [1.165, 1.54) is 0 Å². The molecule has 10 heteroatoms. The fourth-order valence-electron chi connectivity index (χ4n) is 1.81. The molecule has 1 aliphatic heterocycles. The van der Waals surface area contributed by atoms with Gasteiger partial charge in [-0.05, 0) is 6.92 Å². The SMILES string of the molecule is CCO[C@@H]1COC[C@H]1NC(=O)Nc1nc(C(F)(F)F)cs1. The van der Waals surface area contributed by atoms with E-state index in [-0.39, 0.29) is 17.3 Å². The van der Waals surface area contributed by atoms with Gasteiger partial charge in [-0.2, -0.15) is 13.2 Å². The van der Waals surface area contributed by atoms with Crippen LogP contribution >= 0.6 is 11.3 Å². The lowest BCUT2D eigenvalue weighted by atomic mass is 10.2. The molecule has 1 aromatic heterocycles. The maximum absolute atomic E-state index is 12.4. The van der Waals surface area contributed by atoms with Gasteiger partial charge in [-0.25, -0.2) is 9.78 Å². The van der Waals surface area contributed by atoms with E-state index >= 15 is 0 Å². The molecule has 1 saturated heterocycles. The molecule has 118 valence electrons. The van der Waals surface area contributed by atoms with Gasteiger partial charge >= 0.3 is 12.2 Å². The first-order chi connectivity index (χ1) is 9.90. The van der Waals surface area contributed by atoms with Crippen LogP contribution in [0.5, 0.6) is 0 Å². The number of ether oxygens (including phenoxy) is 2. The summed E-state index contributed by atoms with van der Waals surface area (Å²) in [7, 11) is 0. The first kappa shape index (κ1) is 16.0.